The molecule has 0 bridgehead atoms. The topological polar surface area (TPSA) is 11.4 Å². The molecule has 0 saturated carbocycles. The molecule has 4 aliphatic carbocycles. The molecule has 2 spiro atoms. The fourth-order valence-electron chi connectivity index (χ4n) is 21.8. The number of benzene rings is 18. The van der Waals surface area contributed by atoms with E-state index in [4.69, 9.17) is 0 Å². The zero-order valence-corrected chi connectivity index (χ0v) is 64.4. The van der Waals surface area contributed by atoms with Crippen molar-refractivity contribution in [2.75, 3.05) is 22.9 Å². The van der Waals surface area contributed by atoms with Crippen LogP contribution in [0.15, 0.2) is 412 Å². The first-order chi connectivity index (χ1) is 61.8. The first-order valence-corrected chi connectivity index (χ1v) is 41.1. The zero-order chi connectivity index (χ0) is 84.3. The van der Waals surface area contributed by atoms with Crippen molar-refractivity contribution in [2.24, 2.45) is 0 Å². The molecule has 0 amide bonds. The van der Waals surface area contributed by atoms with Crippen molar-refractivity contribution in [2.45, 2.75) is 23.7 Å². The van der Waals surface area contributed by atoms with E-state index in [1.165, 1.54) is 66.8 Å². The lowest BCUT2D eigenvalue weighted by Crippen LogP contribution is -2.63. The summed E-state index contributed by atoms with van der Waals surface area (Å²) in [5.74, 6) is 0. The molecule has 4 heteroatoms. The normalized spacial score (nSPS) is 14.8. The van der Waals surface area contributed by atoms with Crippen molar-refractivity contribution in [3.05, 3.63) is 468 Å². The Balaban J connectivity index is 0.833. The number of para-hydroxylation sites is 2. The van der Waals surface area contributed by atoms with Gasteiger partial charge in [-0.05, 0) is 240 Å². The van der Waals surface area contributed by atoms with Crippen LogP contribution in [0.25, 0.3) is 128 Å². The number of nitrogens with zero attached hydrogens (tertiary/aromatic N) is 3. The molecular weight excluding hydrogens is 1420 g/mol. The van der Waals surface area contributed by atoms with Gasteiger partial charge in [-0.1, -0.05) is 358 Å². The van der Waals surface area contributed by atoms with Gasteiger partial charge >= 0.3 is 0 Å². The van der Waals surface area contributed by atoms with Gasteiger partial charge in [0, 0.05) is 46.6 Å². The van der Waals surface area contributed by atoms with Crippen LogP contribution in [0.2, 0.25) is 0 Å². The van der Waals surface area contributed by atoms with E-state index in [-0.39, 0.29) is 46.0 Å². The van der Waals surface area contributed by atoms with Crippen LogP contribution < -0.4 is 26.2 Å². The highest BCUT2D eigenvalue weighted by Gasteiger charge is 2.56. The van der Waals surface area contributed by atoms with Crippen LogP contribution in [0.4, 0.5) is 22.7 Å². The molecule has 3 heterocycles. The Bertz CT molecular complexity index is 7620. The summed E-state index contributed by atoms with van der Waals surface area (Å²) in [6.45, 7) is 0.341. The largest absolute Gasteiger partial charge is 0.342 e. The minimum absolute atomic E-state index is 0.0167. The van der Waals surface area contributed by atoms with E-state index in [1.807, 2.05) is 0 Å². The van der Waals surface area contributed by atoms with Crippen molar-refractivity contribution in [1.29, 1.82) is 0 Å². The number of aromatic nitrogens is 1. The van der Waals surface area contributed by atoms with Gasteiger partial charge in [0.1, 0.15) is 0 Å². The SMILES string of the molecule is [2H]c1c([2H])c([2H])c2c(c1[2H])c1c([2H])c([2H])c([2H])c([2H])c1n2-c1cc2c3c(c1)N(CCc1cc(-c4ccccc4)cc(-c4ccccc4)c1)c1cc4c(cc1B3c1cc3c(cc1N2CCc1cc(-c2ccccc2)cc(-c2ccccc2)c1)-c1ccccc1C31c2ccccc2-c2ccccc21)C1(c2ccccc2-c2ccccc21)c1ccc(-c2ccccc2)cc1-4. The predicted octanol–water partition coefficient (Wildman–Crippen LogP) is 25.7. The summed E-state index contributed by atoms with van der Waals surface area (Å²) in [6.07, 6.45) is 1.10. The molecule has 18 aromatic carbocycles. The van der Waals surface area contributed by atoms with Gasteiger partial charge in [0.05, 0.1) is 38.5 Å². The Morgan fingerprint density at radius 2 is 0.559 bits per heavy atom. The summed E-state index contributed by atoms with van der Waals surface area (Å²) < 4.78 is 80.0. The summed E-state index contributed by atoms with van der Waals surface area (Å²) in [7, 11) is 0. The minimum atomic E-state index is -0.792. The lowest BCUT2D eigenvalue weighted by molar-refractivity contribution is 0.793. The highest BCUT2D eigenvalue weighted by atomic mass is 15.2. The molecule has 0 unspecified atom stereocenters. The lowest BCUT2D eigenvalue weighted by atomic mass is 9.33. The molecule has 2 aliphatic heterocycles. The van der Waals surface area contributed by atoms with Gasteiger partial charge in [0.25, 0.3) is 6.71 Å². The van der Waals surface area contributed by atoms with Gasteiger partial charge in [0.15, 0.2) is 0 Å². The van der Waals surface area contributed by atoms with Crippen LogP contribution in [0, 0.1) is 0 Å². The summed E-state index contributed by atoms with van der Waals surface area (Å²) in [5.41, 5.74) is 38.3. The molecule has 6 aliphatic rings. The van der Waals surface area contributed by atoms with E-state index in [2.05, 4.69) is 374 Å². The molecule has 550 valence electrons. The molecule has 3 nitrogen and oxygen atoms in total. The molecule has 1 aromatic heterocycles. The standard InChI is InChI=1S/C114H76BN3/c1-6-30-75(31-7-1)80-54-55-101-93(66-80)95-70-109-105(72-103(95)114(101)98-49-25-18-42-88(98)89-43-19-26-50-99(89)114)115-104-71-102-94(90-44-20-27-51-100(90)113(102)96-47-23-16-40-86(96)87-41-17-24-48-97(87)113)69-108(104)116(58-56-73-60-81(76-32-8-2-9-33-76)64-82(61-73)77-34-10-3-11-35-77)110-67-85(118-106-52-28-21-45-91(106)92-46-22-29-53-107(92)118)68-111(112(110)115)117(109)59-57-74-62-83(78-36-12-4-13-37-78)65-84(63-74)79-38-14-5-15-39-79/h1-55,60-72H,56-59H2/i21D,22D,28D,29D,45D,46D,52D,53D. The molecule has 19 aromatic rings. The number of rotatable bonds is 12. The summed E-state index contributed by atoms with van der Waals surface area (Å²) in [4.78, 5) is 5.10. The molecule has 0 saturated heterocycles. The predicted molar refractivity (Wildman–Crippen MR) is 492 cm³/mol. The highest BCUT2D eigenvalue weighted by Crippen LogP contribution is 2.66. The van der Waals surface area contributed by atoms with Crippen LogP contribution in [0.3, 0.4) is 0 Å². The van der Waals surface area contributed by atoms with E-state index in [0.717, 1.165) is 128 Å². The first-order valence-electron chi connectivity index (χ1n) is 45.1. The van der Waals surface area contributed by atoms with E-state index < -0.39 is 41.7 Å². The van der Waals surface area contributed by atoms with E-state index >= 15 is 0 Å². The minimum Gasteiger partial charge on any atom is -0.342 e. The Labute approximate surface area is 699 Å². The maximum atomic E-state index is 10.2. The number of anilines is 4. The van der Waals surface area contributed by atoms with Crippen LogP contribution in [0.1, 0.15) is 66.6 Å². The van der Waals surface area contributed by atoms with Crippen LogP contribution >= 0.6 is 0 Å². The van der Waals surface area contributed by atoms with Gasteiger partial charge in [-0.2, -0.15) is 0 Å². The number of hydrogen-bond acceptors (Lipinski definition) is 2. The maximum absolute atomic E-state index is 10.2. The van der Waals surface area contributed by atoms with Crippen LogP contribution in [-0.4, -0.2) is 24.4 Å². The van der Waals surface area contributed by atoms with Crippen molar-refractivity contribution in [3.63, 3.8) is 0 Å². The molecule has 0 atom stereocenters. The average Bonchev–Trinajstić information content (AvgIpc) is 1.49. The number of fused-ring (bicyclic) bond motifs is 27. The Morgan fingerprint density at radius 3 is 0.941 bits per heavy atom. The van der Waals surface area contributed by atoms with Crippen molar-refractivity contribution < 1.29 is 11.0 Å². The molecule has 118 heavy (non-hydrogen) atoms. The second-order valence-electron chi connectivity index (χ2n) is 32.5. The van der Waals surface area contributed by atoms with Gasteiger partial charge in [0.2, 0.25) is 0 Å². The monoisotopic (exact) mass is 1510 g/mol. The smallest absolute Gasteiger partial charge is 0.252 e. The third kappa shape index (κ3) is 9.66. The summed E-state index contributed by atoms with van der Waals surface area (Å²) in [6, 6.07) is 131. The van der Waals surface area contributed by atoms with Gasteiger partial charge < -0.3 is 14.4 Å². The second kappa shape index (κ2) is 26.0. The maximum Gasteiger partial charge on any atom is 0.252 e. The van der Waals surface area contributed by atoms with E-state index in [1.54, 1.807) is 4.57 Å². The Kier molecular flexibility index (Phi) is 13.0. The van der Waals surface area contributed by atoms with Crippen molar-refractivity contribution in [3.8, 4) is 106 Å². The van der Waals surface area contributed by atoms with Gasteiger partial charge in [-0.25, -0.2) is 0 Å². The Hall–Kier alpha value is -14.6. The molecular formula is C114H76BN3. The summed E-state index contributed by atoms with van der Waals surface area (Å²) in [5, 5.41) is 0.0333. The molecule has 0 radical (unpaired) electrons. The third-order valence-corrected chi connectivity index (χ3v) is 26.6. The van der Waals surface area contributed by atoms with Crippen molar-refractivity contribution in [1.82, 2.24) is 4.57 Å². The van der Waals surface area contributed by atoms with E-state index in [9.17, 15) is 11.0 Å². The van der Waals surface area contributed by atoms with E-state index in [0.29, 0.717) is 31.6 Å². The molecule has 0 N–H and O–H groups in total. The van der Waals surface area contributed by atoms with Crippen LogP contribution in [0.5, 0.6) is 0 Å². The molecule has 25 rings (SSSR count). The fraction of sp³-hybridized carbons (Fsp3) is 0.0526. The quantitative estimate of drug-likeness (QED) is 0.113. The molecule has 0 fully saturated rings. The number of hydrogen-bond donors (Lipinski definition) is 0. The van der Waals surface area contributed by atoms with Gasteiger partial charge in [-0.15, -0.1) is 0 Å². The zero-order valence-electron chi connectivity index (χ0n) is 72.4. The average molecular weight is 1510 g/mol. The van der Waals surface area contributed by atoms with Gasteiger partial charge in [-0.3, -0.25) is 0 Å². The second-order valence-corrected chi connectivity index (χ2v) is 32.5. The Morgan fingerprint density at radius 1 is 0.246 bits per heavy atom. The fourth-order valence-corrected chi connectivity index (χ4v) is 21.8. The van der Waals surface area contributed by atoms with Crippen molar-refractivity contribution >= 4 is 67.7 Å². The summed E-state index contributed by atoms with van der Waals surface area (Å²) >= 11 is 0. The van der Waals surface area contributed by atoms with Crippen LogP contribution in [-0.2, 0) is 23.7 Å². The highest BCUT2D eigenvalue weighted by molar-refractivity contribution is 7.00. The third-order valence-electron chi connectivity index (χ3n) is 26.6. The lowest BCUT2D eigenvalue weighted by Gasteiger charge is -2.45. The first kappa shape index (κ1) is 59.2.